The van der Waals surface area contributed by atoms with Crippen LogP contribution in [0.5, 0.6) is 0 Å². The van der Waals surface area contributed by atoms with Crippen molar-refractivity contribution in [2.75, 3.05) is 0 Å². The van der Waals surface area contributed by atoms with Crippen LogP contribution in [0.25, 0.3) is 10.7 Å². The molecular formula is C12H12ClN3S. The summed E-state index contributed by atoms with van der Waals surface area (Å²) in [4.78, 5) is 14.1. The lowest BCUT2D eigenvalue weighted by atomic mass is 10.1. The molecule has 0 aromatic carbocycles. The van der Waals surface area contributed by atoms with Crippen LogP contribution in [-0.2, 0) is 12.8 Å². The molecule has 0 saturated heterocycles. The highest BCUT2D eigenvalue weighted by molar-refractivity contribution is 7.13. The molecule has 0 aliphatic heterocycles. The van der Waals surface area contributed by atoms with Crippen molar-refractivity contribution >= 4 is 22.9 Å². The van der Waals surface area contributed by atoms with Crippen LogP contribution < -0.4 is 0 Å². The van der Waals surface area contributed by atoms with Crippen LogP contribution in [-0.4, -0.2) is 15.0 Å². The first kappa shape index (κ1) is 11.1. The van der Waals surface area contributed by atoms with E-state index < -0.39 is 0 Å². The van der Waals surface area contributed by atoms with Gasteiger partial charge in [0.05, 0.1) is 10.4 Å². The Balaban J connectivity index is 2.09. The van der Waals surface area contributed by atoms with Crippen molar-refractivity contribution in [1.29, 1.82) is 0 Å². The van der Waals surface area contributed by atoms with Gasteiger partial charge in [-0.25, -0.2) is 9.97 Å². The maximum atomic E-state index is 6.27. The first-order chi connectivity index (χ1) is 8.34. The second-order valence-electron chi connectivity index (χ2n) is 4.19. The van der Waals surface area contributed by atoms with E-state index >= 15 is 0 Å². The summed E-state index contributed by atoms with van der Waals surface area (Å²) >= 11 is 7.82. The van der Waals surface area contributed by atoms with E-state index in [2.05, 4.69) is 15.0 Å². The summed E-state index contributed by atoms with van der Waals surface area (Å²) in [6.07, 6.45) is 7.46. The Bertz CT molecular complexity index is 525. The van der Waals surface area contributed by atoms with Gasteiger partial charge in [0.1, 0.15) is 5.15 Å². The number of thiazole rings is 1. The van der Waals surface area contributed by atoms with Crippen LogP contribution in [0.1, 0.15) is 30.5 Å². The van der Waals surface area contributed by atoms with Crippen molar-refractivity contribution in [3.8, 4) is 10.7 Å². The molecule has 0 atom stereocenters. The predicted molar refractivity (Wildman–Crippen MR) is 69.4 cm³/mol. The lowest BCUT2D eigenvalue weighted by Gasteiger charge is -2.08. The van der Waals surface area contributed by atoms with Gasteiger partial charge in [0.2, 0.25) is 0 Å². The van der Waals surface area contributed by atoms with E-state index in [0.29, 0.717) is 5.15 Å². The summed E-state index contributed by atoms with van der Waals surface area (Å²) in [6, 6.07) is 0. The number of rotatable bonds is 1. The van der Waals surface area contributed by atoms with Crippen molar-refractivity contribution in [3.05, 3.63) is 28.1 Å². The monoisotopic (exact) mass is 265 g/mol. The van der Waals surface area contributed by atoms with Gasteiger partial charge in [-0.2, -0.15) is 0 Å². The third kappa shape index (κ3) is 2.19. The number of hydrogen-bond acceptors (Lipinski definition) is 4. The highest BCUT2D eigenvalue weighted by Gasteiger charge is 2.16. The zero-order valence-corrected chi connectivity index (χ0v) is 10.9. The summed E-state index contributed by atoms with van der Waals surface area (Å²) in [7, 11) is 0. The van der Waals surface area contributed by atoms with E-state index in [-0.39, 0.29) is 0 Å². The molecular weight excluding hydrogens is 254 g/mol. The Morgan fingerprint density at radius 2 is 2.00 bits per heavy atom. The lowest BCUT2D eigenvalue weighted by Crippen LogP contribution is -2.01. The largest absolute Gasteiger partial charge is 0.252 e. The fourth-order valence-electron chi connectivity index (χ4n) is 2.16. The number of fused-ring (bicyclic) bond motifs is 1. The summed E-state index contributed by atoms with van der Waals surface area (Å²) in [6.45, 7) is 0. The molecule has 1 aliphatic rings. The van der Waals surface area contributed by atoms with Gasteiger partial charge < -0.3 is 0 Å². The quantitative estimate of drug-likeness (QED) is 0.585. The number of aryl methyl sites for hydroxylation is 1. The number of halogens is 1. The zero-order valence-electron chi connectivity index (χ0n) is 9.32. The third-order valence-corrected chi connectivity index (χ3v) is 4.12. The summed E-state index contributed by atoms with van der Waals surface area (Å²) in [5.74, 6) is 0.721. The van der Waals surface area contributed by atoms with Crippen LogP contribution in [0, 0.1) is 0 Å². The second-order valence-corrected chi connectivity index (χ2v) is 5.43. The fraction of sp³-hybridized carbons (Fsp3) is 0.417. The van der Waals surface area contributed by atoms with E-state index in [1.807, 2.05) is 0 Å². The summed E-state index contributed by atoms with van der Waals surface area (Å²) in [5.41, 5.74) is 4.07. The van der Waals surface area contributed by atoms with Gasteiger partial charge in [-0.1, -0.05) is 18.0 Å². The maximum absolute atomic E-state index is 6.27. The molecule has 1 aliphatic carbocycles. The molecule has 0 N–H and O–H groups in total. The van der Waals surface area contributed by atoms with Crippen LogP contribution in [0.2, 0.25) is 5.15 Å². The minimum absolute atomic E-state index is 0.625. The lowest BCUT2D eigenvalue weighted by molar-refractivity contribution is 0.709. The highest BCUT2D eigenvalue weighted by Crippen LogP contribution is 2.28. The van der Waals surface area contributed by atoms with Gasteiger partial charge in [0.25, 0.3) is 0 Å². The first-order valence-electron chi connectivity index (χ1n) is 5.79. The van der Waals surface area contributed by atoms with Gasteiger partial charge in [0, 0.05) is 17.5 Å². The SMILES string of the molecule is Clc1nc(-c2cncs2)nc2c1CCCCC2. The van der Waals surface area contributed by atoms with Crippen molar-refractivity contribution < 1.29 is 0 Å². The second kappa shape index (κ2) is 4.70. The number of aromatic nitrogens is 3. The fourth-order valence-corrected chi connectivity index (χ4v) is 3.00. The Morgan fingerprint density at radius 1 is 1.12 bits per heavy atom. The van der Waals surface area contributed by atoms with Crippen LogP contribution >= 0.6 is 22.9 Å². The number of nitrogens with zero attached hydrogens (tertiary/aromatic N) is 3. The molecule has 0 amide bonds. The molecule has 0 radical (unpaired) electrons. The average molecular weight is 266 g/mol. The summed E-state index contributed by atoms with van der Waals surface area (Å²) < 4.78 is 0. The molecule has 17 heavy (non-hydrogen) atoms. The predicted octanol–water partition coefficient (Wildman–Crippen LogP) is 3.52. The molecule has 0 saturated carbocycles. The van der Waals surface area contributed by atoms with Crippen molar-refractivity contribution in [1.82, 2.24) is 15.0 Å². The van der Waals surface area contributed by atoms with E-state index in [9.17, 15) is 0 Å². The molecule has 5 heteroatoms. The van der Waals surface area contributed by atoms with Gasteiger partial charge in [-0.05, 0) is 25.7 Å². The van der Waals surface area contributed by atoms with E-state index in [0.717, 1.165) is 34.8 Å². The normalized spacial score (nSPS) is 15.4. The van der Waals surface area contributed by atoms with Crippen molar-refractivity contribution in [3.63, 3.8) is 0 Å². The van der Waals surface area contributed by atoms with Gasteiger partial charge in [-0.15, -0.1) is 11.3 Å². The Morgan fingerprint density at radius 3 is 2.82 bits per heavy atom. The van der Waals surface area contributed by atoms with Crippen molar-refractivity contribution in [2.24, 2.45) is 0 Å². The van der Waals surface area contributed by atoms with Gasteiger partial charge in [0.15, 0.2) is 5.82 Å². The van der Waals surface area contributed by atoms with Gasteiger partial charge >= 0.3 is 0 Å². The smallest absolute Gasteiger partial charge is 0.172 e. The standard InChI is InChI=1S/C12H12ClN3S/c13-11-8-4-2-1-3-5-9(8)15-12(16-11)10-6-14-7-17-10/h6-7H,1-5H2. The number of hydrogen-bond donors (Lipinski definition) is 0. The molecule has 0 bridgehead atoms. The average Bonchev–Trinajstić information content (AvgIpc) is 2.75. The highest BCUT2D eigenvalue weighted by atomic mass is 35.5. The molecule has 2 heterocycles. The molecule has 88 valence electrons. The molecule has 0 fully saturated rings. The third-order valence-electron chi connectivity index (χ3n) is 3.04. The minimum atomic E-state index is 0.625. The molecule has 3 nitrogen and oxygen atoms in total. The molecule has 0 unspecified atom stereocenters. The Labute approximate surface area is 109 Å². The van der Waals surface area contributed by atoms with Crippen LogP contribution in [0.4, 0.5) is 0 Å². The van der Waals surface area contributed by atoms with Crippen molar-refractivity contribution in [2.45, 2.75) is 32.1 Å². The maximum Gasteiger partial charge on any atom is 0.172 e. The van der Waals surface area contributed by atoms with E-state index in [1.54, 1.807) is 23.0 Å². The Kier molecular flexibility index (Phi) is 3.07. The van der Waals surface area contributed by atoms with Gasteiger partial charge in [-0.3, -0.25) is 4.98 Å². The molecule has 2 aromatic rings. The van der Waals surface area contributed by atoms with Crippen LogP contribution in [0.15, 0.2) is 11.7 Å². The molecule has 0 spiro atoms. The molecule has 3 rings (SSSR count). The van der Waals surface area contributed by atoms with E-state index in [4.69, 9.17) is 11.6 Å². The minimum Gasteiger partial charge on any atom is -0.252 e. The summed E-state index contributed by atoms with van der Waals surface area (Å²) in [5, 5.41) is 0.625. The zero-order chi connectivity index (χ0) is 11.7. The molecule has 2 aromatic heterocycles. The van der Waals surface area contributed by atoms with E-state index in [1.165, 1.54) is 19.3 Å². The Hall–Kier alpha value is -1.00. The first-order valence-corrected chi connectivity index (χ1v) is 7.04. The topological polar surface area (TPSA) is 38.7 Å². The van der Waals surface area contributed by atoms with Crippen LogP contribution in [0.3, 0.4) is 0 Å².